The van der Waals surface area contributed by atoms with Crippen LogP contribution in [0.2, 0.25) is 0 Å². The molecule has 8 heteroatoms. The topological polar surface area (TPSA) is 116 Å². The molecule has 0 radical (unpaired) electrons. The number of carbonyl (C=O) groups excluding carboxylic acids is 2. The van der Waals surface area contributed by atoms with Crippen LogP contribution in [0.4, 0.5) is 0 Å². The molecule has 3 N–H and O–H groups in total. The molecule has 0 saturated carbocycles. The fourth-order valence-electron chi connectivity index (χ4n) is 3.00. The van der Waals surface area contributed by atoms with Crippen molar-refractivity contribution >= 4 is 11.8 Å². The molecule has 3 atom stereocenters. The van der Waals surface area contributed by atoms with Crippen molar-refractivity contribution in [1.29, 1.82) is 0 Å². The predicted octanol–water partition coefficient (Wildman–Crippen LogP) is 0.300. The molecular weight excluding hydrogens is 338 g/mol. The third-order valence-corrected chi connectivity index (χ3v) is 4.36. The Morgan fingerprint density at radius 3 is 2.73 bits per heavy atom. The highest BCUT2D eigenvalue weighted by Gasteiger charge is 2.39. The van der Waals surface area contributed by atoms with Crippen molar-refractivity contribution in [2.75, 3.05) is 6.54 Å². The highest BCUT2D eigenvalue weighted by Crippen LogP contribution is 2.21. The van der Waals surface area contributed by atoms with Gasteiger partial charge in [0, 0.05) is 25.1 Å². The summed E-state index contributed by atoms with van der Waals surface area (Å²) in [5.74, 6) is -0.249. The number of likely N-dealkylation sites (tertiary alicyclic amines) is 1. The lowest BCUT2D eigenvalue weighted by atomic mass is 10.1. The highest BCUT2D eigenvalue weighted by atomic mass is 16.3. The van der Waals surface area contributed by atoms with Crippen LogP contribution in [0.5, 0.6) is 0 Å². The summed E-state index contributed by atoms with van der Waals surface area (Å²) in [4.78, 5) is 29.5. The van der Waals surface area contributed by atoms with Gasteiger partial charge in [0.25, 0.3) is 5.91 Å². The maximum atomic E-state index is 12.4. The summed E-state index contributed by atoms with van der Waals surface area (Å²) in [6.07, 6.45) is 1.17. The zero-order chi connectivity index (χ0) is 18.7. The number of nitrogens with one attached hydrogen (secondary N) is 1. The van der Waals surface area contributed by atoms with Gasteiger partial charge >= 0.3 is 0 Å². The van der Waals surface area contributed by atoms with Gasteiger partial charge in [0.1, 0.15) is 12.1 Å². The summed E-state index contributed by atoms with van der Waals surface area (Å²) in [6.45, 7) is 1.69. The molecule has 0 spiro atoms. The zero-order valence-corrected chi connectivity index (χ0v) is 14.3. The van der Waals surface area contributed by atoms with Crippen molar-refractivity contribution in [3.8, 4) is 11.3 Å². The average Bonchev–Trinajstić information content (AvgIpc) is 3.29. The van der Waals surface area contributed by atoms with Crippen LogP contribution in [0.3, 0.4) is 0 Å². The molecule has 138 valence electrons. The molecule has 1 saturated heterocycles. The number of rotatable bonds is 5. The Labute approximate surface area is 150 Å². The summed E-state index contributed by atoms with van der Waals surface area (Å²) in [6, 6.07) is 6.68. The molecule has 3 rings (SSSR count). The van der Waals surface area contributed by atoms with Crippen LogP contribution < -0.4 is 5.32 Å². The monoisotopic (exact) mass is 359 g/mol. The number of aliphatic hydroxyl groups excluding tert-OH is 2. The maximum Gasteiger partial charge on any atom is 0.251 e. The van der Waals surface area contributed by atoms with Crippen molar-refractivity contribution in [3.63, 3.8) is 0 Å². The molecule has 2 heterocycles. The summed E-state index contributed by atoms with van der Waals surface area (Å²) >= 11 is 0. The second-order valence-electron chi connectivity index (χ2n) is 6.35. The fraction of sp³-hybridized carbons (Fsp3) is 0.389. The fourth-order valence-corrected chi connectivity index (χ4v) is 3.00. The number of benzene rings is 1. The molecule has 1 aromatic heterocycles. The maximum absolute atomic E-state index is 12.4. The molecule has 2 amide bonds. The van der Waals surface area contributed by atoms with E-state index in [0.717, 1.165) is 11.1 Å². The number of aliphatic hydroxyl groups is 2. The third kappa shape index (κ3) is 3.92. The van der Waals surface area contributed by atoms with Gasteiger partial charge in [-0.15, -0.1) is 0 Å². The molecule has 8 nitrogen and oxygen atoms in total. The number of oxazole rings is 1. The summed E-state index contributed by atoms with van der Waals surface area (Å²) in [5.41, 5.74) is 1.76. The largest absolute Gasteiger partial charge is 0.444 e. The summed E-state index contributed by atoms with van der Waals surface area (Å²) < 4.78 is 5.23. The molecule has 3 unspecified atom stereocenters. The van der Waals surface area contributed by atoms with Gasteiger partial charge in [-0.25, -0.2) is 4.98 Å². The van der Waals surface area contributed by atoms with Crippen LogP contribution in [0.15, 0.2) is 41.3 Å². The third-order valence-electron chi connectivity index (χ3n) is 4.36. The van der Waals surface area contributed by atoms with Crippen LogP contribution in [0.25, 0.3) is 11.3 Å². The Balaban J connectivity index is 1.60. The lowest BCUT2D eigenvalue weighted by Gasteiger charge is -2.24. The Bertz CT molecular complexity index is 758. The predicted molar refractivity (Wildman–Crippen MR) is 91.6 cm³/mol. The van der Waals surface area contributed by atoms with Crippen molar-refractivity contribution in [2.45, 2.75) is 38.1 Å². The molecule has 26 heavy (non-hydrogen) atoms. The Kier molecular flexibility index (Phi) is 5.34. The van der Waals surface area contributed by atoms with Gasteiger partial charge in [0.2, 0.25) is 5.91 Å². The Hall–Kier alpha value is -2.71. The first-order chi connectivity index (χ1) is 12.5. The SMILES string of the molecule is CC(O)C(=O)N1CC(O)CC1C(=O)NCc1ccc(-c2cnco2)cc1. The molecule has 2 aromatic rings. The first-order valence-electron chi connectivity index (χ1n) is 8.38. The van der Waals surface area contributed by atoms with Crippen molar-refractivity contribution in [1.82, 2.24) is 15.2 Å². The van der Waals surface area contributed by atoms with Gasteiger partial charge in [0.15, 0.2) is 12.2 Å². The van der Waals surface area contributed by atoms with E-state index >= 15 is 0 Å². The Morgan fingerprint density at radius 2 is 2.12 bits per heavy atom. The number of β-amino-alcohol motifs (C(OH)–C–C–N with tert-alkyl or cyclic N) is 1. The lowest BCUT2D eigenvalue weighted by molar-refractivity contribution is -0.144. The van der Waals surface area contributed by atoms with Crippen LogP contribution in [-0.2, 0) is 16.1 Å². The molecule has 0 bridgehead atoms. The van der Waals surface area contributed by atoms with Crippen molar-refractivity contribution in [2.24, 2.45) is 0 Å². The molecule has 1 aromatic carbocycles. The smallest absolute Gasteiger partial charge is 0.251 e. The molecule has 1 aliphatic rings. The van der Waals surface area contributed by atoms with E-state index in [2.05, 4.69) is 10.3 Å². The standard InChI is InChI=1S/C18H21N3O5/c1-11(22)18(25)21-9-14(23)6-15(21)17(24)20-7-12-2-4-13(5-3-12)16-8-19-10-26-16/h2-5,8,10-11,14-15,22-23H,6-7,9H2,1H3,(H,20,24). The first-order valence-corrected chi connectivity index (χ1v) is 8.38. The number of nitrogens with zero attached hydrogens (tertiary/aromatic N) is 2. The normalized spacial score (nSPS) is 20.8. The summed E-state index contributed by atoms with van der Waals surface area (Å²) in [7, 11) is 0. The van der Waals surface area contributed by atoms with Crippen LogP contribution in [0.1, 0.15) is 18.9 Å². The van der Waals surface area contributed by atoms with E-state index in [1.54, 1.807) is 6.20 Å². The minimum absolute atomic E-state index is 0.0493. The number of carbonyl (C=O) groups is 2. The van der Waals surface area contributed by atoms with E-state index in [0.29, 0.717) is 12.3 Å². The van der Waals surface area contributed by atoms with E-state index < -0.39 is 24.2 Å². The van der Waals surface area contributed by atoms with Crippen molar-refractivity contribution < 1.29 is 24.2 Å². The highest BCUT2D eigenvalue weighted by molar-refractivity contribution is 5.89. The molecule has 1 fully saturated rings. The number of hydrogen-bond acceptors (Lipinski definition) is 6. The molecular formula is C18H21N3O5. The van der Waals surface area contributed by atoms with Gasteiger partial charge in [-0.1, -0.05) is 24.3 Å². The minimum atomic E-state index is -1.21. The van der Waals surface area contributed by atoms with Crippen molar-refractivity contribution in [3.05, 3.63) is 42.4 Å². The zero-order valence-electron chi connectivity index (χ0n) is 14.3. The second kappa shape index (κ2) is 7.67. The first kappa shape index (κ1) is 18.1. The number of aromatic nitrogens is 1. The molecule has 0 aliphatic carbocycles. The van der Waals surface area contributed by atoms with Crippen LogP contribution in [-0.4, -0.2) is 56.7 Å². The van der Waals surface area contributed by atoms with Crippen LogP contribution in [0, 0.1) is 0 Å². The van der Waals surface area contributed by atoms with Gasteiger partial charge in [0.05, 0.1) is 12.3 Å². The van der Waals surface area contributed by atoms with E-state index in [-0.39, 0.29) is 18.9 Å². The van der Waals surface area contributed by atoms with E-state index in [4.69, 9.17) is 4.42 Å². The van der Waals surface area contributed by atoms with E-state index in [9.17, 15) is 19.8 Å². The average molecular weight is 359 g/mol. The summed E-state index contributed by atoms with van der Waals surface area (Å²) in [5, 5.41) is 22.0. The number of hydrogen-bond donors (Lipinski definition) is 3. The van der Waals surface area contributed by atoms with Gasteiger partial charge in [-0.05, 0) is 12.5 Å². The van der Waals surface area contributed by atoms with Gasteiger partial charge in [-0.3, -0.25) is 9.59 Å². The van der Waals surface area contributed by atoms with E-state index in [1.165, 1.54) is 18.2 Å². The quantitative estimate of drug-likeness (QED) is 0.707. The molecule has 1 aliphatic heterocycles. The van der Waals surface area contributed by atoms with E-state index in [1.807, 2.05) is 24.3 Å². The Morgan fingerprint density at radius 1 is 1.38 bits per heavy atom. The van der Waals surface area contributed by atoms with Crippen LogP contribution >= 0.6 is 0 Å². The number of amides is 2. The second-order valence-corrected chi connectivity index (χ2v) is 6.35. The lowest BCUT2D eigenvalue weighted by Crippen LogP contribution is -2.48. The van der Waals surface area contributed by atoms with Gasteiger partial charge < -0.3 is 24.8 Å². The van der Waals surface area contributed by atoms with Gasteiger partial charge in [-0.2, -0.15) is 0 Å². The minimum Gasteiger partial charge on any atom is -0.444 e.